The predicted molar refractivity (Wildman–Crippen MR) is 109 cm³/mol. The van der Waals surface area contributed by atoms with E-state index in [-0.39, 0.29) is 49.1 Å². The fourth-order valence-electron chi connectivity index (χ4n) is 4.06. The maximum Gasteiger partial charge on any atom is 0.416 e. The molecule has 0 spiro atoms. The molecular weight excluding hydrogens is 425 g/mol. The topological polar surface area (TPSA) is 81.8 Å². The van der Waals surface area contributed by atoms with Gasteiger partial charge in [0, 0.05) is 25.6 Å². The highest BCUT2D eigenvalue weighted by Gasteiger charge is 2.46. The molecule has 7 nitrogen and oxygen atoms in total. The van der Waals surface area contributed by atoms with E-state index in [1.807, 2.05) is 0 Å². The van der Waals surface area contributed by atoms with Crippen molar-refractivity contribution >= 4 is 17.8 Å². The monoisotopic (exact) mass is 448 g/mol. The molecule has 3 aliphatic rings. The Morgan fingerprint density at radius 1 is 1.25 bits per heavy atom. The van der Waals surface area contributed by atoms with Crippen LogP contribution in [0.4, 0.5) is 18.0 Å². The maximum atomic E-state index is 13.6. The molecule has 0 bridgehead atoms. The lowest BCUT2D eigenvalue weighted by atomic mass is 9.91. The molecule has 170 valence electrons. The lowest BCUT2D eigenvalue weighted by Crippen LogP contribution is -2.47. The highest BCUT2D eigenvalue weighted by Crippen LogP contribution is 2.41. The standard InChI is InChI=1S/C22H23F3N4O3/c1-2-10-29-16-12-28(11-9-17(30)26-13-7-8-13)20(31)18(16)19(27-21(29)32)14-5-3-4-6-15(14)22(23,24)25/h2-6,13,19H,1,7-12H2,(H,26,30)(H,27,32)/t19-/m1/s1. The summed E-state index contributed by atoms with van der Waals surface area (Å²) in [6.07, 6.45) is -1.22. The number of carbonyl (C=O) groups excluding carboxylic acids is 3. The molecule has 2 heterocycles. The highest BCUT2D eigenvalue weighted by atomic mass is 19.4. The van der Waals surface area contributed by atoms with Crippen molar-refractivity contribution < 1.29 is 27.6 Å². The number of hydrogen-bond acceptors (Lipinski definition) is 3. The number of benzene rings is 1. The van der Waals surface area contributed by atoms with Crippen LogP contribution in [-0.4, -0.2) is 53.3 Å². The normalized spacial score (nSPS) is 20.9. The average molecular weight is 448 g/mol. The van der Waals surface area contributed by atoms with Crippen molar-refractivity contribution in [3.8, 4) is 0 Å². The Kier molecular flexibility index (Phi) is 5.70. The van der Waals surface area contributed by atoms with E-state index in [0.717, 1.165) is 18.9 Å². The summed E-state index contributed by atoms with van der Waals surface area (Å²) >= 11 is 0. The summed E-state index contributed by atoms with van der Waals surface area (Å²) in [5, 5.41) is 5.40. The minimum Gasteiger partial charge on any atom is -0.353 e. The molecular formula is C22H23F3N4O3. The molecule has 0 aromatic heterocycles. The molecule has 2 N–H and O–H groups in total. The highest BCUT2D eigenvalue weighted by molar-refractivity contribution is 6.01. The molecule has 1 fully saturated rings. The molecule has 0 unspecified atom stereocenters. The summed E-state index contributed by atoms with van der Waals surface area (Å²) in [5.74, 6) is -0.670. The summed E-state index contributed by atoms with van der Waals surface area (Å²) in [6, 6.07) is 3.24. The van der Waals surface area contributed by atoms with Crippen molar-refractivity contribution in [1.82, 2.24) is 20.4 Å². The van der Waals surface area contributed by atoms with Crippen LogP contribution >= 0.6 is 0 Å². The Labute approximate surface area is 182 Å². The van der Waals surface area contributed by atoms with Gasteiger partial charge >= 0.3 is 12.2 Å². The third-order valence-electron chi connectivity index (χ3n) is 5.74. The number of halogens is 3. The molecule has 2 aliphatic heterocycles. The summed E-state index contributed by atoms with van der Waals surface area (Å²) in [7, 11) is 0. The van der Waals surface area contributed by atoms with Crippen LogP contribution in [0.25, 0.3) is 0 Å². The molecule has 1 aliphatic carbocycles. The number of rotatable bonds is 7. The van der Waals surface area contributed by atoms with Gasteiger partial charge < -0.3 is 15.5 Å². The Bertz CT molecular complexity index is 1000. The first-order valence-corrected chi connectivity index (χ1v) is 10.4. The molecule has 1 atom stereocenters. The number of amides is 4. The summed E-state index contributed by atoms with van der Waals surface area (Å²) in [5.41, 5.74) is -0.681. The van der Waals surface area contributed by atoms with Gasteiger partial charge in [0.05, 0.1) is 29.4 Å². The molecule has 1 saturated carbocycles. The third-order valence-corrected chi connectivity index (χ3v) is 5.74. The van der Waals surface area contributed by atoms with E-state index in [9.17, 15) is 27.6 Å². The van der Waals surface area contributed by atoms with Gasteiger partial charge in [-0.2, -0.15) is 13.2 Å². The van der Waals surface area contributed by atoms with Crippen LogP contribution in [0, 0.1) is 0 Å². The van der Waals surface area contributed by atoms with E-state index in [2.05, 4.69) is 17.2 Å². The first kappa shape index (κ1) is 21.9. The van der Waals surface area contributed by atoms with Gasteiger partial charge in [-0.25, -0.2) is 4.79 Å². The number of hydrogen-bond donors (Lipinski definition) is 2. The molecule has 1 aromatic carbocycles. The van der Waals surface area contributed by atoms with Gasteiger partial charge in [0.1, 0.15) is 0 Å². The number of nitrogens with one attached hydrogen (secondary N) is 2. The van der Waals surface area contributed by atoms with Crippen molar-refractivity contribution in [2.24, 2.45) is 0 Å². The number of urea groups is 1. The van der Waals surface area contributed by atoms with Crippen molar-refractivity contribution in [3.05, 3.63) is 59.3 Å². The largest absolute Gasteiger partial charge is 0.416 e. The molecule has 0 saturated heterocycles. The molecule has 4 rings (SSSR count). The number of alkyl halides is 3. The fourth-order valence-corrected chi connectivity index (χ4v) is 4.06. The van der Waals surface area contributed by atoms with Gasteiger partial charge in [-0.15, -0.1) is 6.58 Å². The van der Waals surface area contributed by atoms with E-state index in [1.165, 1.54) is 34.1 Å². The van der Waals surface area contributed by atoms with Crippen LogP contribution in [0.1, 0.15) is 36.4 Å². The molecule has 1 aromatic rings. The van der Waals surface area contributed by atoms with Gasteiger partial charge in [-0.1, -0.05) is 24.3 Å². The minimum atomic E-state index is -4.65. The van der Waals surface area contributed by atoms with Crippen LogP contribution in [0.5, 0.6) is 0 Å². The number of carbonyl (C=O) groups is 3. The second kappa shape index (κ2) is 8.33. The molecule has 32 heavy (non-hydrogen) atoms. The third kappa shape index (κ3) is 4.21. The zero-order chi connectivity index (χ0) is 23.0. The summed E-state index contributed by atoms with van der Waals surface area (Å²) in [6.45, 7) is 3.86. The quantitative estimate of drug-likeness (QED) is 0.630. The fraction of sp³-hybridized carbons (Fsp3) is 0.409. The second-order valence-electron chi connectivity index (χ2n) is 8.05. The molecule has 10 heteroatoms. The van der Waals surface area contributed by atoms with Crippen LogP contribution in [0.2, 0.25) is 0 Å². The Hall–Kier alpha value is -3.30. The van der Waals surface area contributed by atoms with Crippen molar-refractivity contribution in [2.75, 3.05) is 19.6 Å². The molecule has 0 radical (unpaired) electrons. The van der Waals surface area contributed by atoms with E-state index < -0.39 is 29.7 Å². The van der Waals surface area contributed by atoms with E-state index in [0.29, 0.717) is 5.70 Å². The van der Waals surface area contributed by atoms with Crippen molar-refractivity contribution in [3.63, 3.8) is 0 Å². The zero-order valence-corrected chi connectivity index (χ0v) is 17.2. The zero-order valence-electron chi connectivity index (χ0n) is 17.2. The number of nitrogens with zero attached hydrogens (tertiary/aromatic N) is 2. The first-order valence-electron chi connectivity index (χ1n) is 10.4. The van der Waals surface area contributed by atoms with E-state index in [1.54, 1.807) is 0 Å². The van der Waals surface area contributed by atoms with Crippen molar-refractivity contribution in [2.45, 2.75) is 37.5 Å². The Morgan fingerprint density at radius 3 is 2.62 bits per heavy atom. The Balaban J connectivity index is 1.65. The van der Waals surface area contributed by atoms with Crippen LogP contribution < -0.4 is 10.6 Å². The van der Waals surface area contributed by atoms with Crippen LogP contribution in [0.3, 0.4) is 0 Å². The lowest BCUT2D eigenvalue weighted by Gasteiger charge is -2.33. The van der Waals surface area contributed by atoms with Crippen LogP contribution in [0.15, 0.2) is 48.2 Å². The SMILES string of the molecule is C=CCN1C(=O)N[C@H](c2ccccc2C(F)(F)F)C2=C1CN(CCC(=O)NC1CC1)C2=O. The van der Waals surface area contributed by atoms with Crippen molar-refractivity contribution in [1.29, 1.82) is 0 Å². The smallest absolute Gasteiger partial charge is 0.353 e. The van der Waals surface area contributed by atoms with Gasteiger partial charge in [0.25, 0.3) is 5.91 Å². The lowest BCUT2D eigenvalue weighted by molar-refractivity contribution is -0.138. The second-order valence-corrected chi connectivity index (χ2v) is 8.05. The van der Waals surface area contributed by atoms with Crippen LogP contribution in [-0.2, 0) is 15.8 Å². The minimum absolute atomic E-state index is 0.0385. The van der Waals surface area contributed by atoms with E-state index >= 15 is 0 Å². The summed E-state index contributed by atoms with van der Waals surface area (Å²) in [4.78, 5) is 40.7. The van der Waals surface area contributed by atoms with Gasteiger partial charge in [-0.05, 0) is 24.5 Å². The maximum absolute atomic E-state index is 13.6. The van der Waals surface area contributed by atoms with Gasteiger partial charge in [0.15, 0.2) is 0 Å². The Morgan fingerprint density at radius 2 is 1.97 bits per heavy atom. The van der Waals surface area contributed by atoms with Gasteiger partial charge in [-0.3, -0.25) is 14.5 Å². The van der Waals surface area contributed by atoms with Gasteiger partial charge in [0.2, 0.25) is 5.91 Å². The summed E-state index contributed by atoms with van der Waals surface area (Å²) < 4.78 is 40.9. The molecule has 4 amide bonds. The first-order chi connectivity index (χ1) is 15.2. The van der Waals surface area contributed by atoms with E-state index in [4.69, 9.17) is 0 Å². The predicted octanol–water partition coefficient (Wildman–Crippen LogP) is 2.72. The average Bonchev–Trinajstić information content (AvgIpc) is 3.49.